The van der Waals surface area contributed by atoms with E-state index in [2.05, 4.69) is 5.32 Å². The van der Waals surface area contributed by atoms with Crippen LogP contribution in [0.4, 0.5) is 0 Å². The predicted octanol–water partition coefficient (Wildman–Crippen LogP) is 2.53. The lowest BCUT2D eigenvalue weighted by Crippen LogP contribution is -2.43. The maximum atomic E-state index is 12.3. The van der Waals surface area contributed by atoms with Crippen molar-refractivity contribution >= 4 is 26.5 Å². The number of carbonyl (C=O) groups excluding carboxylic acids is 1. The van der Waals surface area contributed by atoms with E-state index < -0.39 is 27.0 Å². The quantitative estimate of drug-likeness (QED) is 0.947. The Morgan fingerprint density at radius 1 is 1.05 bits per heavy atom. The summed E-state index contributed by atoms with van der Waals surface area (Å²) in [7, 11) is -3.64. The van der Waals surface area contributed by atoms with E-state index in [1.165, 1.54) is 0 Å². The zero-order valence-corrected chi connectivity index (χ0v) is 13.2. The first-order valence-corrected chi connectivity index (χ1v) is 8.35. The van der Waals surface area contributed by atoms with Crippen LogP contribution in [-0.2, 0) is 14.6 Å². The zero-order valence-electron chi connectivity index (χ0n) is 12.4. The first-order valence-electron chi connectivity index (χ1n) is 6.70. The molecular formula is C16H19NO3S. The number of benzene rings is 2. The molecule has 2 aromatic carbocycles. The van der Waals surface area contributed by atoms with Crippen LogP contribution in [0.5, 0.6) is 0 Å². The monoisotopic (exact) mass is 305 g/mol. The van der Waals surface area contributed by atoms with Crippen LogP contribution in [0.3, 0.4) is 0 Å². The number of rotatable bonds is 3. The van der Waals surface area contributed by atoms with E-state index in [0.29, 0.717) is 0 Å². The van der Waals surface area contributed by atoms with E-state index in [-0.39, 0.29) is 4.90 Å². The molecule has 21 heavy (non-hydrogen) atoms. The summed E-state index contributed by atoms with van der Waals surface area (Å²) in [5.74, 6) is -1.03. The minimum atomic E-state index is -3.64. The highest BCUT2D eigenvalue weighted by atomic mass is 32.2. The average Bonchev–Trinajstić information content (AvgIpc) is 2.35. The van der Waals surface area contributed by atoms with Crippen LogP contribution in [0.15, 0.2) is 47.4 Å². The number of hydrogen-bond acceptors (Lipinski definition) is 3. The van der Waals surface area contributed by atoms with E-state index in [0.717, 1.165) is 10.8 Å². The first-order chi connectivity index (χ1) is 9.67. The van der Waals surface area contributed by atoms with Gasteiger partial charge in [0, 0.05) is 5.54 Å². The second kappa shape index (κ2) is 5.48. The van der Waals surface area contributed by atoms with Gasteiger partial charge in [0.1, 0.15) is 5.75 Å². The molecule has 0 saturated carbocycles. The second-order valence-corrected chi connectivity index (χ2v) is 8.06. The molecule has 0 aliphatic rings. The molecule has 0 aromatic heterocycles. The Labute approximate surface area is 125 Å². The van der Waals surface area contributed by atoms with Gasteiger partial charge in [-0.25, -0.2) is 8.42 Å². The van der Waals surface area contributed by atoms with Gasteiger partial charge in [0.05, 0.1) is 4.90 Å². The van der Waals surface area contributed by atoms with Crippen molar-refractivity contribution in [1.29, 1.82) is 0 Å². The van der Waals surface area contributed by atoms with Crippen molar-refractivity contribution < 1.29 is 13.2 Å². The molecule has 5 heteroatoms. The van der Waals surface area contributed by atoms with Crippen molar-refractivity contribution in [3.8, 4) is 0 Å². The summed E-state index contributed by atoms with van der Waals surface area (Å²) >= 11 is 0. The van der Waals surface area contributed by atoms with Crippen molar-refractivity contribution in [2.45, 2.75) is 31.2 Å². The van der Waals surface area contributed by atoms with Gasteiger partial charge in [-0.05, 0) is 43.7 Å². The molecule has 0 spiro atoms. The van der Waals surface area contributed by atoms with Crippen LogP contribution in [0.2, 0.25) is 0 Å². The van der Waals surface area contributed by atoms with Crippen molar-refractivity contribution in [3.63, 3.8) is 0 Å². The maximum Gasteiger partial charge on any atom is 0.235 e. The summed E-state index contributed by atoms with van der Waals surface area (Å²) in [5, 5.41) is 4.47. The minimum Gasteiger partial charge on any atom is -0.351 e. The summed E-state index contributed by atoms with van der Waals surface area (Å²) in [4.78, 5) is 12.0. The summed E-state index contributed by atoms with van der Waals surface area (Å²) in [6.07, 6.45) is 0. The van der Waals surface area contributed by atoms with Crippen LogP contribution in [0.1, 0.15) is 20.8 Å². The Balaban J connectivity index is 2.27. The minimum absolute atomic E-state index is 0.172. The van der Waals surface area contributed by atoms with Crippen molar-refractivity contribution in [2.24, 2.45) is 0 Å². The second-order valence-electron chi connectivity index (χ2n) is 6.07. The van der Waals surface area contributed by atoms with Crippen molar-refractivity contribution in [1.82, 2.24) is 5.32 Å². The number of nitrogens with one attached hydrogen (secondary N) is 1. The predicted molar refractivity (Wildman–Crippen MR) is 83.9 cm³/mol. The highest BCUT2D eigenvalue weighted by Crippen LogP contribution is 2.20. The summed E-state index contributed by atoms with van der Waals surface area (Å²) in [6.45, 7) is 5.44. The van der Waals surface area contributed by atoms with E-state index in [4.69, 9.17) is 0 Å². The summed E-state index contributed by atoms with van der Waals surface area (Å²) < 4.78 is 24.6. The molecule has 0 bridgehead atoms. The van der Waals surface area contributed by atoms with Crippen LogP contribution in [0.25, 0.3) is 10.8 Å². The number of amides is 1. The standard InChI is InChI=1S/C16H19NO3S/c1-16(2,3)17-15(18)11-21(19,20)14-9-8-12-6-4-5-7-13(12)10-14/h4-10H,11H2,1-3H3,(H,17,18). The van der Waals surface area contributed by atoms with E-state index in [1.54, 1.807) is 18.2 Å². The van der Waals surface area contributed by atoms with Gasteiger partial charge >= 0.3 is 0 Å². The fourth-order valence-corrected chi connectivity index (χ4v) is 3.24. The van der Waals surface area contributed by atoms with Crippen molar-refractivity contribution in [3.05, 3.63) is 42.5 Å². The van der Waals surface area contributed by atoms with E-state index in [1.807, 2.05) is 45.0 Å². The molecule has 0 atom stereocenters. The number of carbonyl (C=O) groups is 1. The highest BCUT2D eigenvalue weighted by molar-refractivity contribution is 7.92. The lowest BCUT2D eigenvalue weighted by atomic mass is 10.1. The fourth-order valence-electron chi connectivity index (χ4n) is 2.07. The molecule has 0 fully saturated rings. The highest BCUT2D eigenvalue weighted by Gasteiger charge is 2.22. The molecule has 0 aliphatic carbocycles. The van der Waals surface area contributed by atoms with Gasteiger partial charge in [0.15, 0.2) is 9.84 Å². The molecule has 1 amide bonds. The molecular weight excluding hydrogens is 286 g/mol. The van der Waals surface area contributed by atoms with Gasteiger partial charge in [0.2, 0.25) is 5.91 Å². The van der Waals surface area contributed by atoms with Gasteiger partial charge in [-0.2, -0.15) is 0 Å². The first kappa shape index (κ1) is 15.5. The third kappa shape index (κ3) is 4.04. The Kier molecular flexibility index (Phi) is 4.05. The number of sulfone groups is 1. The number of fused-ring (bicyclic) bond motifs is 1. The topological polar surface area (TPSA) is 63.2 Å². The molecule has 2 rings (SSSR count). The summed E-state index contributed by atoms with van der Waals surface area (Å²) in [6, 6.07) is 12.4. The Morgan fingerprint density at radius 3 is 2.29 bits per heavy atom. The molecule has 1 N–H and O–H groups in total. The zero-order chi connectivity index (χ0) is 15.7. The van der Waals surface area contributed by atoms with Gasteiger partial charge in [0.25, 0.3) is 0 Å². The lowest BCUT2D eigenvalue weighted by molar-refractivity contribution is -0.120. The molecule has 2 aromatic rings. The van der Waals surface area contributed by atoms with Crippen LogP contribution in [-0.4, -0.2) is 25.6 Å². The fraction of sp³-hybridized carbons (Fsp3) is 0.312. The molecule has 112 valence electrons. The van der Waals surface area contributed by atoms with E-state index >= 15 is 0 Å². The van der Waals surface area contributed by atoms with Crippen LogP contribution in [0, 0.1) is 0 Å². The molecule has 0 radical (unpaired) electrons. The third-order valence-corrected chi connectivity index (χ3v) is 4.53. The van der Waals surface area contributed by atoms with E-state index in [9.17, 15) is 13.2 Å². The molecule has 4 nitrogen and oxygen atoms in total. The van der Waals surface area contributed by atoms with Crippen LogP contribution < -0.4 is 5.32 Å². The SMILES string of the molecule is CC(C)(C)NC(=O)CS(=O)(=O)c1ccc2ccccc2c1. The molecule has 0 aliphatic heterocycles. The molecule has 0 heterocycles. The number of hydrogen-bond donors (Lipinski definition) is 1. The van der Waals surface area contributed by atoms with Gasteiger partial charge in [-0.15, -0.1) is 0 Å². The van der Waals surface area contributed by atoms with Gasteiger partial charge in [-0.1, -0.05) is 30.3 Å². The molecule has 0 saturated heterocycles. The Morgan fingerprint density at radius 2 is 1.67 bits per heavy atom. The normalized spacial score (nSPS) is 12.3. The largest absolute Gasteiger partial charge is 0.351 e. The Bertz CT molecular complexity index is 773. The third-order valence-electron chi connectivity index (χ3n) is 2.92. The van der Waals surface area contributed by atoms with Crippen molar-refractivity contribution in [2.75, 3.05) is 5.75 Å². The van der Waals surface area contributed by atoms with Crippen LogP contribution >= 0.6 is 0 Å². The maximum absolute atomic E-state index is 12.3. The van der Waals surface area contributed by atoms with Gasteiger partial charge < -0.3 is 5.32 Å². The lowest BCUT2D eigenvalue weighted by Gasteiger charge is -2.20. The smallest absolute Gasteiger partial charge is 0.235 e. The summed E-state index contributed by atoms with van der Waals surface area (Å²) in [5.41, 5.74) is -0.448. The Hall–Kier alpha value is -1.88. The van der Waals surface area contributed by atoms with Gasteiger partial charge in [-0.3, -0.25) is 4.79 Å². The average molecular weight is 305 g/mol. The molecule has 0 unspecified atom stereocenters.